The van der Waals surface area contributed by atoms with Crippen LogP contribution in [-0.2, 0) is 16.5 Å². The molecule has 0 amide bonds. The lowest BCUT2D eigenvalue weighted by Gasteiger charge is -2.29. The third-order valence-electron chi connectivity index (χ3n) is 3.35. The Morgan fingerprint density at radius 3 is 1.86 bits per heavy atom. The Balaban J connectivity index is 2.85. The molecule has 0 aromatic heterocycles. The van der Waals surface area contributed by atoms with Gasteiger partial charge in [-0.05, 0) is 12.1 Å². The van der Waals surface area contributed by atoms with Gasteiger partial charge in [-0.3, -0.25) is 4.55 Å². The van der Waals surface area contributed by atoms with E-state index in [1.54, 1.807) is 0 Å². The first-order valence-electron chi connectivity index (χ1n) is 6.55. The number of nitrogens with zero attached hydrogens (tertiary/aromatic N) is 3. The Morgan fingerprint density at radius 2 is 1.54 bits per heavy atom. The summed E-state index contributed by atoms with van der Waals surface area (Å²) in [6.07, 6.45) is -10.4. The molecule has 7 nitrogen and oxygen atoms in total. The van der Waals surface area contributed by atoms with Gasteiger partial charge in [-0.15, -0.1) is 0 Å². The molecule has 2 rings (SSSR count). The highest BCUT2D eigenvalue weighted by molar-refractivity contribution is 7.83. The van der Waals surface area contributed by atoms with Gasteiger partial charge in [-0.25, -0.2) is 5.01 Å². The number of benzene rings is 1. The number of nitriles is 1. The van der Waals surface area contributed by atoms with Crippen molar-refractivity contribution in [2.24, 2.45) is 0 Å². The molecular formula is C12H5Cl2F6N3O4S. The van der Waals surface area contributed by atoms with Crippen LogP contribution in [-0.4, -0.2) is 34.7 Å². The van der Waals surface area contributed by atoms with Gasteiger partial charge in [-0.2, -0.15) is 40.0 Å². The van der Waals surface area contributed by atoms with Crippen LogP contribution in [0, 0.1) is 11.3 Å². The number of hydrazine groups is 1. The SMILES string of the molecule is N#CC1C(C(F)(F)F)=C(O)N(c2c(Cl)cc(C(F)(F)F)cc2Cl)N1S(=O)(=O)O. The molecule has 0 fully saturated rings. The van der Waals surface area contributed by atoms with E-state index in [1.807, 2.05) is 0 Å². The van der Waals surface area contributed by atoms with E-state index >= 15 is 0 Å². The van der Waals surface area contributed by atoms with E-state index in [-0.39, 0.29) is 17.1 Å². The fraction of sp³-hybridized carbons (Fsp3) is 0.250. The third kappa shape index (κ3) is 3.80. The predicted octanol–water partition coefficient (Wildman–Crippen LogP) is 4.08. The van der Waals surface area contributed by atoms with Gasteiger partial charge in [-0.1, -0.05) is 27.6 Å². The summed E-state index contributed by atoms with van der Waals surface area (Å²) in [4.78, 5) is 0. The smallest absolute Gasteiger partial charge is 0.420 e. The second-order valence-corrected chi connectivity index (χ2v) is 7.20. The van der Waals surface area contributed by atoms with E-state index in [0.29, 0.717) is 0 Å². The lowest BCUT2D eigenvalue weighted by atomic mass is 10.1. The maximum Gasteiger partial charge on any atom is 0.420 e. The van der Waals surface area contributed by atoms with E-state index in [0.717, 1.165) is 6.07 Å². The monoisotopic (exact) mass is 471 g/mol. The molecule has 1 heterocycles. The number of hydrogen-bond acceptors (Lipinski definition) is 5. The summed E-state index contributed by atoms with van der Waals surface area (Å²) in [6.45, 7) is 0. The standard InChI is InChI=1S/C12H5Cl2F6N3O4S/c13-5-1-4(11(15,16)17)2-6(14)9(5)22-10(24)8(12(18,19)20)7(3-21)23(22)28(25,26)27/h1-2,7,24H,(H,25,26,27). The number of hydrogen-bond donors (Lipinski definition) is 2. The Kier molecular flexibility index (Phi) is 5.47. The van der Waals surface area contributed by atoms with Gasteiger partial charge >= 0.3 is 22.7 Å². The molecule has 16 heteroatoms. The highest BCUT2D eigenvalue weighted by Gasteiger charge is 2.57. The largest absolute Gasteiger partial charge is 0.493 e. The first kappa shape index (κ1) is 22.4. The van der Waals surface area contributed by atoms with Crippen molar-refractivity contribution in [2.45, 2.75) is 18.4 Å². The number of aliphatic hydroxyl groups is 1. The fourth-order valence-electron chi connectivity index (χ4n) is 2.32. The van der Waals surface area contributed by atoms with E-state index in [9.17, 15) is 44.4 Å². The van der Waals surface area contributed by atoms with Crippen molar-refractivity contribution >= 4 is 39.2 Å². The van der Waals surface area contributed by atoms with Crippen molar-refractivity contribution in [1.29, 1.82) is 5.26 Å². The molecule has 0 saturated heterocycles. The van der Waals surface area contributed by atoms with Crippen molar-refractivity contribution in [1.82, 2.24) is 4.41 Å². The van der Waals surface area contributed by atoms with E-state index in [4.69, 9.17) is 28.5 Å². The second-order valence-electron chi connectivity index (χ2n) is 5.12. The first-order chi connectivity index (χ1) is 12.5. The van der Waals surface area contributed by atoms with Crippen molar-refractivity contribution in [3.63, 3.8) is 0 Å². The molecule has 1 aromatic rings. The first-order valence-corrected chi connectivity index (χ1v) is 8.70. The molecule has 154 valence electrons. The molecule has 1 aliphatic rings. The molecule has 2 N–H and O–H groups in total. The average Bonchev–Trinajstić information content (AvgIpc) is 2.78. The van der Waals surface area contributed by atoms with Gasteiger partial charge in [0.05, 0.1) is 27.4 Å². The van der Waals surface area contributed by atoms with Gasteiger partial charge in [0.25, 0.3) is 0 Å². The fourth-order valence-corrected chi connectivity index (χ4v) is 3.76. The minimum atomic E-state index is -5.66. The van der Waals surface area contributed by atoms with Crippen LogP contribution in [0.2, 0.25) is 10.0 Å². The second kappa shape index (κ2) is 6.85. The molecule has 0 aliphatic carbocycles. The molecule has 0 radical (unpaired) electrons. The predicted molar refractivity (Wildman–Crippen MR) is 82.4 cm³/mol. The zero-order chi connectivity index (χ0) is 21.8. The Hall–Kier alpha value is -1.92. The highest BCUT2D eigenvalue weighted by atomic mass is 35.5. The summed E-state index contributed by atoms with van der Waals surface area (Å²) in [5.41, 5.74) is -4.59. The molecule has 0 bridgehead atoms. The Labute approximate surface area is 162 Å². The molecule has 1 aromatic carbocycles. The van der Waals surface area contributed by atoms with Crippen molar-refractivity contribution in [3.05, 3.63) is 39.2 Å². The Morgan fingerprint density at radius 1 is 1.07 bits per heavy atom. The third-order valence-corrected chi connectivity index (χ3v) is 4.78. The van der Waals surface area contributed by atoms with Gasteiger partial charge in [0, 0.05) is 0 Å². The van der Waals surface area contributed by atoms with E-state index in [2.05, 4.69) is 0 Å². The van der Waals surface area contributed by atoms with Crippen LogP contribution in [0.3, 0.4) is 0 Å². The summed E-state index contributed by atoms with van der Waals surface area (Å²) in [7, 11) is -5.66. The molecule has 0 spiro atoms. The quantitative estimate of drug-likeness (QED) is 0.497. The van der Waals surface area contributed by atoms with Gasteiger partial charge in [0.2, 0.25) is 5.88 Å². The minimum Gasteiger partial charge on any atom is -0.493 e. The van der Waals surface area contributed by atoms with Gasteiger partial charge < -0.3 is 5.11 Å². The molecule has 0 saturated carbocycles. The summed E-state index contributed by atoms with van der Waals surface area (Å²) in [6, 6.07) is -1.49. The topological polar surface area (TPSA) is 105 Å². The lowest BCUT2D eigenvalue weighted by Crippen LogP contribution is -2.47. The van der Waals surface area contributed by atoms with Crippen molar-refractivity contribution in [2.75, 3.05) is 5.01 Å². The number of halogens is 8. The van der Waals surface area contributed by atoms with Crippen LogP contribution in [0.1, 0.15) is 5.56 Å². The zero-order valence-electron chi connectivity index (χ0n) is 12.7. The number of anilines is 1. The summed E-state index contributed by atoms with van der Waals surface area (Å²) in [5, 5.41) is 16.5. The van der Waals surface area contributed by atoms with Crippen molar-refractivity contribution in [3.8, 4) is 6.07 Å². The van der Waals surface area contributed by atoms with Crippen LogP contribution in [0.25, 0.3) is 0 Å². The molecule has 1 aliphatic heterocycles. The highest BCUT2D eigenvalue weighted by Crippen LogP contribution is 2.47. The normalized spacial score (nSPS) is 19.3. The lowest BCUT2D eigenvalue weighted by molar-refractivity contribution is -0.137. The number of alkyl halides is 6. The van der Waals surface area contributed by atoms with Gasteiger partial charge in [0.15, 0.2) is 6.04 Å². The summed E-state index contributed by atoms with van der Waals surface area (Å²) in [5.74, 6) is -1.93. The average molecular weight is 472 g/mol. The maximum absolute atomic E-state index is 13.2. The molecule has 1 atom stereocenters. The molecule has 28 heavy (non-hydrogen) atoms. The van der Waals surface area contributed by atoms with Crippen LogP contribution in [0.15, 0.2) is 23.6 Å². The van der Waals surface area contributed by atoms with Crippen LogP contribution in [0.5, 0.6) is 0 Å². The van der Waals surface area contributed by atoms with E-state index in [1.165, 1.54) is 0 Å². The van der Waals surface area contributed by atoms with E-state index < -0.39 is 65.9 Å². The van der Waals surface area contributed by atoms with Crippen molar-refractivity contribution < 1.29 is 44.4 Å². The molecular weight excluding hydrogens is 467 g/mol. The summed E-state index contributed by atoms with van der Waals surface area (Å²) >= 11 is 11.3. The van der Waals surface area contributed by atoms with Crippen LogP contribution in [0.4, 0.5) is 32.0 Å². The van der Waals surface area contributed by atoms with Gasteiger partial charge in [0.1, 0.15) is 5.57 Å². The zero-order valence-corrected chi connectivity index (χ0v) is 15.0. The summed E-state index contributed by atoms with van der Waals surface area (Å²) < 4.78 is 110. The minimum absolute atomic E-state index is 0.200. The number of aliphatic hydroxyl groups excluding tert-OH is 1. The maximum atomic E-state index is 13.2. The molecule has 1 unspecified atom stereocenters. The Bertz CT molecular complexity index is 979. The van der Waals surface area contributed by atoms with Crippen LogP contribution >= 0.6 is 23.2 Å². The van der Waals surface area contributed by atoms with Crippen LogP contribution < -0.4 is 5.01 Å². The number of rotatable bonds is 2.